The molecule has 0 saturated carbocycles. The Kier molecular flexibility index (Phi) is 40.4. The van der Waals surface area contributed by atoms with Crippen molar-refractivity contribution < 1.29 is 81.5 Å². The number of likely N-dealkylation sites (N-methyl/N-ethyl adjacent to an activating group) is 2. The third-order valence-corrected chi connectivity index (χ3v) is 19.3. The van der Waals surface area contributed by atoms with Crippen LogP contribution in [0.2, 0.25) is 0 Å². The van der Waals surface area contributed by atoms with E-state index in [9.17, 15) is 57.8 Å². The SMILES string of the molecule is CC[C@H](C)[C@@H](C(CC(=O)N1CCC[C@H]1[C@H](OC)[C@@H](C)C(=O)C[C@H](C)[C@@H](O)c1ccccc1)OC)N(C)C(=O)[C@H](CC(=O)C(C(C)C)N(C)C(=O)COCCOCCNC(=O)OCc1ccc(NC(=O)[C@@H](CCCNC(N)=O)CC(=O)C(NC(=O)CCCCCC(=O)CN)C(C)C)cc1)C(C)C. The minimum absolute atomic E-state index is 0.0173. The van der Waals surface area contributed by atoms with Gasteiger partial charge in [0.05, 0.1) is 75.3 Å². The molecule has 9 N–H and O–H groups in total. The van der Waals surface area contributed by atoms with Gasteiger partial charge in [-0.15, -0.1) is 0 Å². The van der Waals surface area contributed by atoms with Gasteiger partial charge in [-0.2, -0.15) is 0 Å². The van der Waals surface area contributed by atoms with E-state index in [1.165, 1.54) is 12.0 Å². The minimum atomic E-state index is -0.872. The predicted octanol–water partition coefficient (Wildman–Crippen LogP) is 7.49. The Morgan fingerprint density at radius 3 is 1.96 bits per heavy atom. The topological polar surface area (TPSA) is 364 Å². The van der Waals surface area contributed by atoms with Crippen LogP contribution in [-0.2, 0) is 73.4 Å². The number of ketones is 4. The Bertz CT molecular complexity index is 2920. The number of nitrogens with zero attached hydrogens (tertiary/aromatic N) is 3. The van der Waals surface area contributed by atoms with E-state index in [0.717, 1.165) is 5.56 Å². The Labute approximate surface area is 599 Å². The smallest absolute Gasteiger partial charge is 0.407 e. The largest absolute Gasteiger partial charge is 0.445 e. The summed E-state index contributed by atoms with van der Waals surface area (Å²) in [5, 5.41) is 21.8. The molecule has 0 aromatic heterocycles. The number of amides is 8. The summed E-state index contributed by atoms with van der Waals surface area (Å²) in [4.78, 5) is 151. The van der Waals surface area contributed by atoms with Crippen molar-refractivity contribution in [1.29, 1.82) is 0 Å². The van der Waals surface area contributed by atoms with Crippen LogP contribution in [0.15, 0.2) is 54.6 Å². The number of unbranched alkanes of at least 4 members (excludes halogenated alkanes) is 2. The number of nitrogens with two attached hydrogens (primary N) is 2. The zero-order chi connectivity index (χ0) is 75.5. The maximum absolute atomic E-state index is 14.8. The standard InChI is InChI=1S/C75H121N9O17/c1-15-50(8)69(63(97-13)43-65(90)84-36-23-28-59(84)71(98-14)52(10)60(86)40-51(9)70(92)54-24-18-16-19-25-54)83(12)73(94)58(47(2)3)42-62(88)68(49(6)7)82(11)66(91)46-100-39-38-99-37-35-79-75(96)101-45-53-30-32-56(33-31-53)80-72(93)55(26-22-34-78-74(77)95)41-61(87)67(48(4)5)81-64(89)29-21-17-20-27-57(85)44-76/h16,18-19,24-25,30-33,47-52,55,58-59,63,67-71,92H,15,17,20-23,26-29,34-46,76H2,1-14H3,(H,79,96)(H,80,93)(H,81,89)(H3,77,78,95)/t50-,51-,52-,55-,58+,59-,63?,67?,68?,69-,70+,71+/m0/s1. The molecule has 1 fully saturated rings. The van der Waals surface area contributed by atoms with Crippen molar-refractivity contribution in [2.75, 3.05) is 86.2 Å². The number of methoxy groups -OCH3 is 2. The van der Waals surface area contributed by atoms with Crippen molar-refractivity contribution in [3.8, 4) is 0 Å². The normalized spacial score (nSPS) is 16.3. The highest BCUT2D eigenvalue weighted by atomic mass is 16.6. The minimum Gasteiger partial charge on any atom is -0.445 e. The molecule has 12 atom stereocenters. The summed E-state index contributed by atoms with van der Waals surface area (Å²) in [5.74, 6) is -5.82. The number of nitrogens with one attached hydrogen (secondary N) is 4. The maximum Gasteiger partial charge on any atom is 0.407 e. The Hall–Kier alpha value is -7.23. The monoisotopic (exact) mass is 1420 g/mol. The number of urea groups is 1. The number of hydrogen-bond acceptors (Lipinski definition) is 18. The molecule has 101 heavy (non-hydrogen) atoms. The van der Waals surface area contributed by atoms with Crippen molar-refractivity contribution in [2.45, 2.75) is 208 Å². The molecule has 0 bridgehead atoms. The van der Waals surface area contributed by atoms with Gasteiger partial charge in [0.15, 0.2) is 11.6 Å². The molecule has 2 aromatic carbocycles. The molecule has 3 unspecified atom stereocenters. The highest BCUT2D eigenvalue weighted by molar-refractivity contribution is 5.98. The fourth-order valence-corrected chi connectivity index (χ4v) is 13.2. The molecule has 26 nitrogen and oxygen atoms in total. The van der Waals surface area contributed by atoms with Gasteiger partial charge >= 0.3 is 12.1 Å². The number of Topliss-reactive ketones (excluding diaryl/α,β-unsaturated/α-hetero) is 4. The molecule has 568 valence electrons. The Morgan fingerprint density at radius 2 is 1.36 bits per heavy atom. The lowest BCUT2D eigenvalue weighted by atomic mass is 9.83. The summed E-state index contributed by atoms with van der Waals surface area (Å²) >= 11 is 0. The van der Waals surface area contributed by atoms with Crippen LogP contribution in [0, 0.1) is 47.3 Å². The average molecular weight is 1420 g/mol. The van der Waals surface area contributed by atoms with Gasteiger partial charge in [0.2, 0.25) is 29.5 Å². The second-order valence-electron chi connectivity index (χ2n) is 28.1. The molecule has 3 rings (SSSR count). The number of aliphatic hydroxyl groups is 1. The van der Waals surface area contributed by atoms with Gasteiger partial charge in [-0.05, 0) is 91.4 Å². The van der Waals surface area contributed by atoms with Crippen LogP contribution < -0.4 is 32.7 Å². The molecule has 2 aromatic rings. The van der Waals surface area contributed by atoms with Crippen LogP contribution in [0.1, 0.15) is 176 Å². The van der Waals surface area contributed by atoms with E-state index in [-0.39, 0.29) is 168 Å². The zero-order valence-corrected chi connectivity index (χ0v) is 62.6. The third-order valence-electron chi connectivity index (χ3n) is 19.3. The van der Waals surface area contributed by atoms with Crippen molar-refractivity contribution in [3.63, 3.8) is 0 Å². The van der Waals surface area contributed by atoms with Crippen LogP contribution >= 0.6 is 0 Å². The van der Waals surface area contributed by atoms with Gasteiger partial charge in [0, 0.05) is 103 Å². The molecule has 8 amide bonds. The van der Waals surface area contributed by atoms with Gasteiger partial charge in [0.1, 0.15) is 24.8 Å². The summed E-state index contributed by atoms with van der Waals surface area (Å²) in [6, 6.07) is 12.5. The number of anilines is 1. The van der Waals surface area contributed by atoms with Crippen molar-refractivity contribution in [3.05, 3.63) is 65.7 Å². The molecule has 1 heterocycles. The first-order valence-electron chi connectivity index (χ1n) is 36.1. The van der Waals surface area contributed by atoms with Gasteiger partial charge < -0.3 is 76.2 Å². The van der Waals surface area contributed by atoms with E-state index in [4.69, 9.17) is 35.2 Å². The number of aliphatic hydroxyl groups excluding tert-OH is 1. The molecule has 1 aliphatic heterocycles. The number of hydrogen-bond donors (Lipinski definition) is 7. The second-order valence-corrected chi connectivity index (χ2v) is 28.1. The first kappa shape index (κ1) is 88.0. The van der Waals surface area contributed by atoms with Crippen molar-refractivity contribution in [1.82, 2.24) is 30.7 Å². The molecule has 1 saturated heterocycles. The van der Waals surface area contributed by atoms with E-state index < -0.39 is 78.1 Å². The lowest BCUT2D eigenvalue weighted by Gasteiger charge is -2.41. The van der Waals surface area contributed by atoms with E-state index in [1.807, 2.05) is 85.7 Å². The zero-order valence-electron chi connectivity index (χ0n) is 62.6. The maximum atomic E-state index is 14.8. The fraction of sp³-hybridized carbons (Fsp3) is 0.693. The number of carbonyl (C=O) groups is 11. The van der Waals surface area contributed by atoms with Crippen LogP contribution in [0.3, 0.4) is 0 Å². The summed E-state index contributed by atoms with van der Waals surface area (Å²) in [7, 11) is 6.32. The highest BCUT2D eigenvalue weighted by Crippen LogP contribution is 2.33. The number of benzene rings is 2. The van der Waals surface area contributed by atoms with E-state index in [2.05, 4.69) is 21.3 Å². The number of likely N-dealkylation sites (tertiary alicyclic amines) is 1. The molecule has 1 aliphatic rings. The molecular formula is C75H121N9O17. The van der Waals surface area contributed by atoms with Crippen molar-refractivity contribution in [2.24, 2.45) is 58.8 Å². The molecule has 0 spiro atoms. The first-order valence-corrected chi connectivity index (χ1v) is 36.1. The molecule has 26 heteroatoms. The summed E-state index contributed by atoms with van der Waals surface area (Å²) in [6.45, 7) is 19.2. The lowest BCUT2D eigenvalue weighted by molar-refractivity contribution is -0.150. The fourth-order valence-electron chi connectivity index (χ4n) is 13.2. The van der Waals surface area contributed by atoms with Gasteiger partial charge in [-0.3, -0.25) is 43.2 Å². The van der Waals surface area contributed by atoms with Crippen molar-refractivity contribution >= 4 is 70.5 Å². The van der Waals surface area contributed by atoms with E-state index in [0.29, 0.717) is 69.2 Å². The van der Waals surface area contributed by atoms with E-state index in [1.54, 1.807) is 69.1 Å². The quantitative estimate of drug-likeness (QED) is 0.0315. The van der Waals surface area contributed by atoms with Gasteiger partial charge in [-0.1, -0.05) is 125 Å². The highest BCUT2D eigenvalue weighted by Gasteiger charge is 2.44. The predicted molar refractivity (Wildman–Crippen MR) is 384 cm³/mol. The number of ether oxygens (including phenoxy) is 5. The van der Waals surface area contributed by atoms with Crippen LogP contribution in [0.4, 0.5) is 15.3 Å². The molecular weight excluding hydrogens is 1300 g/mol. The van der Waals surface area contributed by atoms with E-state index >= 15 is 0 Å². The number of primary amides is 1. The van der Waals surface area contributed by atoms with Gasteiger partial charge in [0.25, 0.3) is 0 Å². The summed E-state index contributed by atoms with van der Waals surface area (Å²) in [6.07, 6.45) is 1.88. The number of carbonyl (C=O) groups excluding carboxylic acids is 11. The average Bonchev–Trinajstić information content (AvgIpc) is 1.80. The third kappa shape index (κ3) is 29.9. The number of rotatable bonds is 50. The van der Waals surface area contributed by atoms with Gasteiger partial charge in [-0.25, -0.2) is 9.59 Å². The van der Waals surface area contributed by atoms with Crippen LogP contribution in [0.25, 0.3) is 0 Å². The van der Waals surface area contributed by atoms with Crippen LogP contribution in [-0.4, -0.2) is 202 Å². The second kappa shape index (κ2) is 46.4. The molecule has 0 aliphatic carbocycles. The summed E-state index contributed by atoms with van der Waals surface area (Å²) < 4.78 is 28.7. The number of alkyl carbamates (subject to hydrolysis) is 1. The Morgan fingerprint density at radius 1 is 0.693 bits per heavy atom. The first-order chi connectivity index (χ1) is 47.9. The lowest BCUT2D eigenvalue weighted by Crippen LogP contribution is -2.54. The van der Waals surface area contributed by atoms with Crippen LogP contribution in [0.5, 0.6) is 0 Å². The molecule has 0 radical (unpaired) electrons. The Balaban J connectivity index is 1.49. The summed E-state index contributed by atoms with van der Waals surface area (Å²) in [5.41, 5.74) is 12.4.